The van der Waals surface area contributed by atoms with Crippen molar-refractivity contribution < 1.29 is 17.9 Å². The predicted molar refractivity (Wildman–Crippen MR) is 103 cm³/mol. The van der Waals surface area contributed by atoms with Gasteiger partial charge in [-0.3, -0.25) is 9.89 Å². The Morgan fingerprint density at radius 3 is 2.57 bits per heavy atom. The lowest BCUT2D eigenvalue weighted by molar-refractivity contribution is -0.154. The molecule has 0 radical (unpaired) electrons. The number of ether oxygens (including phenoxy) is 1. The molecule has 2 heterocycles. The predicted octanol–water partition coefficient (Wildman–Crippen LogP) is 2.95. The quantitative estimate of drug-likeness (QED) is 0.543. The summed E-state index contributed by atoms with van der Waals surface area (Å²) in [5.41, 5.74) is 0.762. The van der Waals surface area contributed by atoms with Gasteiger partial charge in [-0.1, -0.05) is 6.42 Å². The molecule has 0 saturated carbocycles. The van der Waals surface area contributed by atoms with Gasteiger partial charge in [-0.2, -0.15) is 13.2 Å². The van der Waals surface area contributed by atoms with E-state index < -0.39 is 12.8 Å². The van der Waals surface area contributed by atoms with Gasteiger partial charge in [0.2, 0.25) is 5.88 Å². The molecule has 28 heavy (non-hydrogen) atoms. The Morgan fingerprint density at radius 2 is 1.93 bits per heavy atom. The van der Waals surface area contributed by atoms with E-state index in [1.54, 1.807) is 13.1 Å². The maximum absolute atomic E-state index is 12.3. The summed E-state index contributed by atoms with van der Waals surface area (Å²) in [6.07, 6.45) is 0.805. The Morgan fingerprint density at radius 1 is 1.21 bits per heavy atom. The van der Waals surface area contributed by atoms with Crippen molar-refractivity contribution in [2.24, 2.45) is 4.99 Å². The smallest absolute Gasteiger partial charge is 0.422 e. The lowest BCUT2D eigenvalue weighted by atomic mass is 9.98. The topological polar surface area (TPSA) is 61.8 Å². The van der Waals surface area contributed by atoms with Crippen LogP contribution < -0.4 is 15.4 Å². The summed E-state index contributed by atoms with van der Waals surface area (Å²) in [4.78, 5) is 10.5. The van der Waals surface area contributed by atoms with Crippen LogP contribution in [0.25, 0.3) is 0 Å². The third-order valence-electron chi connectivity index (χ3n) is 4.77. The summed E-state index contributed by atoms with van der Waals surface area (Å²) in [6.45, 7) is 6.43. The molecule has 0 aromatic carbocycles. The highest BCUT2D eigenvalue weighted by atomic mass is 19.4. The zero-order chi connectivity index (χ0) is 20.6. The molecule has 0 aliphatic carbocycles. The number of rotatable bonds is 7. The summed E-state index contributed by atoms with van der Waals surface area (Å²) >= 11 is 0. The molecule has 1 aliphatic rings. The molecule has 9 heteroatoms. The molecule has 158 valence electrons. The Balaban J connectivity index is 1.83. The van der Waals surface area contributed by atoms with Gasteiger partial charge >= 0.3 is 6.18 Å². The zero-order valence-electron chi connectivity index (χ0n) is 16.8. The summed E-state index contributed by atoms with van der Waals surface area (Å²) in [5, 5.41) is 6.51. The van der Waals surface area contributed by atoms with Crippen molar-refractivity contribution in [1.82, 2.24) is 20.5 Å². The Bertz CT molecular complexity index is 643. The van der Waals surface area contributed by atoms with Crippen molar-refractivity contribution in [3.63, 3.8) is 0 Å². The van der Waals surface area contributed by atoms with E-state index in [9.17, 15) is 13.2 Å². The molecule has 0 amide bonds. The number of alkyl halides is 3. The molecule has 1 aromatic rings. The van der Waals surface area contributed by atoms with Crippen LogP contribution in [0, 0.1) is 0 Å². The van der Waals surface area contributed by atoms with Gasteiger partial charge in [0.25, 0.3) is 0 Å². The van der Waals surface area contributed by atoms with E-state index in [2.05, 4.69) is 44.1 Å². The van der Waals surface area contributed by atoms with Crippen LogP contribution in [0.2, 0.25) is 0 Å². The summed E-state index contributed by atoms with van der Waals surface area (Å²) < 4.78 is 41.5. The average Bonchev–Trinajstić information content (AvgIpc) is 2.67. The van der Waals surface area contributed by atoms with Gasteiger partial charge in [0.15, 0.2) is 12.6 Å². The molecule has 1 fully saturated rings. The van der Waals surface area contributed by atoms with E-state index in [0.717, 1.165) is 25.2 Å². The Hall–Kier alpha value is -2.03. The third-order valence-corrected chi connectivity index (χ3v) is 4.77. The first-order chi connectivity index (χ1) is 13.2. The fraction of sp³-hybridized carbons (Fsp3) is 0.684. The number of hydrogen-bond acceptors (Lipinski definition) is 4. The molecular formula is C19H30F3N5O. The van der Waals surface area contributed by atoms with Crippen LogP contribution in [0.15, 0.2) is 23.3 Å². The van der Waals surface area contributed by atoms with E-state index in [0.29, 0.717) is 12.5 Å². The van der Waals surface area contributed by atoms with Crippen molar-refractivity contribution in [3.05, 3.63) is 23.9 Å². The number of pyridine rings is 1. The molecule has 1 aliphatic heterocycles. The normalized spacial score (nSPS) is 16.7. The van der Waals surface area contributed by atoms with E-state index in [1.165, 1.54) is 31.5 Å². The van der Waals surface area contributed by atoms with Crippen LogP contribution in [0.3, 0.4) is 0 Å². The third kappa shape index (κ3) is 7.53. The summed E-state index contributed by atoms with van der Waals surface area (Å²) in [7, 11) is 1.69. The molecule has 2 N–H and O–H groups in total. The summed E-state index contributed by atoms with van der Waals surface area (Å²) in [5.74, 6) is 0.588. The highest BCUT2D eigenvalue weighted by molar-refractivity contribution is 5.79. The highest BCUT2D eigenvalue weighted by Crippen LogP contribution is 2.20. The van der Waals surface area contributed by atoms with Gasteiger partial charge in [0.1, 0.15) is 0 Å². The van der Waals surface area contributed by atoms with Gasteiger partial charge in [0, 0.05) is 37.9 Å². The average molecular weight is 401 g/mol. The number of guanidine groups is 1. The number of likely N-dealkylation sites (tertiary alicyclic amines) is 1. The first kappa shape index (κ1) is 22.3. The summed E-state index contributed by atoms with van der Waals surface area (Å²) in [6, 6.07) is 3.21. The number of aliphatic imine (C=N–C) groups is 1. The molecule has 1 aromatic heterocycles. The molecule has 6 nitrogen and oxygen atoms in total. The van der Waals surface area contributed by atoms with Crippen molar-refractivity contribution in [3.8, 4) is 5.88 Å². The Kier molecular flexibility index (Phi) is 7.91. The maximum atomic E-state index is 12.3. The zero-order valence-corrected chi connectivity index (χ0v) is 16.8. The van der Waals surface area contributed by atoms with Crippen LogP contribution in [-0.4, -0.2) is 60.8 Å². The van der Waals surface area contributed by atoms with Crippen molar-refractivity contribution in [1.29, 1.82) is 0 Å². The van der Waals surface area contributed by atoms with Gasteiger partial charge < -0.3 is 15.4 Å². The second-order valence-corrected chi connectivity index (χ2v) is 7.55. The van der Waals surface area contributed by atoms with Crippen LogP contribution in [-0.2, 0) is 6.54 Å². The van der Waals surface area contributed by atoms with E-state index >= 15 is 0 Å². The number of hydrogen-bond donors (Lipinski definition) is 2. The minimum absolute atomic E-state index is 0.00725. The van der Waals surface area contributed by atoms with Gasteiger partial charge in [-0.05, 0) is 51.4 Å². The minimum atomic E-state index is -4.39. The fourth-order valence-corrected chi connectivity index (χ4v) is 3.11. The molecule has 0 bridgehead atoms. The largest absolute Gasteiger partial charge is 0.468 e. The fourth-order valence-electron chi connectivity index (χ4n) is 3.11. The van der Waals surface area contributed by atoms with Gasteiger partial charge in [-0.25, -0.2) is 4.98 Å². The lowest BCUT2D eigenvalue weighted by Crippen LogP contribution is -2.54. The molecule has 0 unspecified atom stereocenters. The number of nitrogens with zero attached hydrogens (tertiary/aromatic N) is 3. The van der Waals surface area contributed by atoms with Crippen molar-refractivity contribution in [2.75, 3.05) is 33.3 Å². The number of piperidine rings is 1. The monoisotopic (exact) mass is 401 g/mol. The van der Waals surface area contributed by atoms with Gasteiger partial charge in [-0.15, -0.1) is 0 Å². The first-order valence-electron chi connectivity index (χ1n) is 9.54. The molecule has 0 atom stereocenters. The van der Waals surface area contributed by atoms with Crippen molar-refractivity contribution in [2.45, 2.75) is 51.4 Å². The Labute approximate surface area is 164 Å². The maximum Gasteiger partial charge on any atom is 0.422 e. The lowest BCUT2D eigenvalue weighted by Gasteiger charge is -2.41. The highest BCUT2D eigenvalue weighted by Gasteiger charge is 2.29. The number of nitrogens with one attached hydrogen (secondary N) is 2. The van der Waals surface area contributed by atoms with E-state index in [-0.39, 0.29) is 11.4 Å². The first-order valence-corrected chi connectivity index (χ1v) is 9.54. The SMILES string of the molecule is CN=C(NCc1ccnc(OCC(F)(F)F)c1)NCC(C)(C)N1CCCCC1. The second-order valence-electron chi connectivity index (χ2n) is 7.55. The molecule has 1 saturated heterocycles. The van der Waals surface area contributed by atoms with Crippen LogP contribution >= 0.6 is 0 Å². The van der Waals surface area contributed by atoms with Crippen LogP contribution in [0.5, 0.6) is 5.88 Å². The van der Waals surface area contributed by atoms with E-state index in [4.69, 9.17) is 0 Å². The molecule has 2 rings (SSSR count). The molecular weight excluding hydrogens is 371 g/mol. The number of halogens is 3. The molecule has 0 spiro atoms. The van der Waals surface area contributed by atoms with Crippen LogP contribution in [0.4, 0.5) is 13.2 Å². The second kappa shape index (κ2) is 9.95. The standard InChI is InChI=1S/C19H30F3N5O/c1-18(2,27-9-5-4-6-10-27)13-26-17(23-3)25-12-15-7-8-24-16(11-15)28-14-19(20,21)22/h7-8,11H,4-6,9-10,12-14H2,1-3H3,(H2,23,25,26). The van der Waals surface area contributed by atoms with Crippen LogP contribution in [0.1, 0.15) is 38.7 Å². The van der Waals surface area contributed by atoms with E-state index in [1.807, 2.05) is 0 Å². The minimum Gasteiger partial charge on any atom is -0.468 e. The van der Waals surface area contributed by atoms with Crippen molar-refractivity contribution >= 4 is 5.96 Å². The van der Waals surface area contributed by atoms with Gasteiger partial charge in [0.05, 0.1) is 0 Å². The number of aromatic nitrogens is 1.